The van der Waals surface area contributed by atoms with Gasteiger partial charge in [-0.2, -0.15) is 4.98 Å². The van der Waals surface area contributed by atoms with Crippen molar-refractivity contribution in [3.05, 3.63) is 59.5 Å². The molecule has 0 unspecified atom stereocenters. The van der Waals surface area contributed by atoms with Gasteiger partial charge in [-0.1, -0.05) is 23.4 Å². The van der Waals surface area contributed by atoms with Crippen LogP contribution in [0.2, 0.25) is 0 Å². The number of likely N-dealkylation sites (N-methyl/N-ethyl adjacent to an activating group) is 1. The standard InChI is InChI=1S/C29H37N7O2/c1-20-27(21(2)38-33-20)23-9-10-26-25(18-23)28(30-19-22-7-6-8-24(17-22)37-5)32-29(31-26)36-15-13-35(14-16-36)12-11-34(3)4/h6-10,17-18H,11-16,19H2,1-5H3,(H,30,31,32). The van der Waals surface area contributed by atoms with E-state index in [0.717, 1.165) is 95.8 Å². The lowest BCUT2D eigenvalue weighted by Crippen LogP contribution is -2.48. The Morgan fingerprint density at radius 1 is 1.03 bits per heavy atom. The molecule has 1 aliphatic heterocycles. The van der Waals surface area contributed by atoms with Crippen LogP contribution in [-0.2, 0) is 6.54 Å². The summed E-state index contributed by atoms with van der Waals surface area (Å²) in [5.41, 5.74) is 4.97. The number of nitrogens with zero attached hydrogens (tertiary/aromatic N) is 6. The van der Waals surface area contributed by atoms with Crippen LogP contribution in [0.3, 0.4) is 0 Å². The molecule has 1 N–H and O–H groups in total. The molecule has 0 bridgehead atoms. The van der Waals surface area contributed by atoms with Crippen molar-refractivity contribution in [2.75, 3.05) is 70.7 Å². The van der Waals surface area contributed by atoms with Crippen molar-refractivity contribution >= 4 is 22.7 Å². The van der Waals surface area contributed by atoms with E-state index in [0.29, 0.717) is 6.54 Å². The molecular formula is C29H37N7O2. The van der Waals surface area contributed by atoms with Crippen molar-refractivity contribution in [2.45, 2.75) is 20.4 Å². The lowest BCUT2D eigenvalue weighted by Gasteiger charge is -2.35. The zero-order valence-corrected chi connectivity index (χ0v) is 23.0. The number of hydrogen-bond donors (Lipinski definition) is 1. The summed E-state index contributed by atoms with van der Waals surface area (Å²) in [5.74, 6) is 3.22. The van der Waals surface area contributed by atoms with Gasteiger partial charge < -0.3 is 24.4 Å². The summed E-state index contributed by atoms with van der Waals surface area (Å²) in [7, 11) is 5.93. The number of fused-ring (bicyclic) bond motifs is 1. The quantitative estimate of drug-likeness (QED) is 0.352. The van der Waals surface area contributed by atoms with Crippen LogP contribution in [0.5, 0.6) is 5.75 Å². The Bertz CT molecular complexity index is 1370. The van der Waals surface area contributed by atoms with Gasteiger partial charge >= 0.3 is 0 Å². The molecule has 4 aromatic rings. The minimum Gasteiger partial charge on any atom is -0.497 e. The average Bonchev–Trinajstić information content (AvgIpc) is 3.28. The minimum atomic E-state index is 0.622. The number of ether oxygens (including phenoxy) is 1. The summed E-state index contributed by atoms with van der Waals surface area (Å²) in [6.45, 7) is 10.5. The van der Waals surface area contributed by atoms with Gasteiger partial charge in [0.25, 0.3) is 0 Å². The van der Waals surface area contributed by atoms with Crippen LogP contribution in [0.15, 0.2) is 47.0 Å². The fourth-order valence-corrected chi connectivity index (χ4v) is 4.92. The summed E-state index contributed by atoms with van der Waals surface area (Å²) in [6, 6.07) is 14.4. The van der Waals surface area contributed by atoms with Crippen molar-refractivity contribution in [2.24, 2.45) is 0 Å². The normalized spacial score (nSPS) is 14.4. The molecule has 1 aliphatic rings. The van der Waals surface area contributed by atoms with Gasteiger partial charge in [0.15, 0.2) is 0 Å². The lowest BCUT2D eigenvalue weighted by atomic mass is 10.0. The first-order valence-corrected chi connectivity index (χ1v) is 13.1. The zero-order valence-electron chi connectivity index (χ0n) is 23.0. The molecule has 9 heteroatoms. The molecule has 38 heavy (non-hydrogen) atoms. The molecule has 0 aliphatic carbocycles. The maximum atomic E-state index is 5.43. The largest absolute Gasteiger partial charge is 0.497 e. The predicted octanol–water partition coefficient (Wildman–Crippen LogP) is 4.21. The van der Waals surface area contributed by atoms with Crippen LogP contribution in [0, 0.1) is 13.8 Å². The monoisotopic (exact) mass is 515 g/mol. The second kappa shape index (κ2) is 11.4. The summed E-state index contributed by atoms with van der Waals surface area (Å²) in [4.78, 5) is 17.1. The number of rotatable bonds is 9. The van der Waals surface area contributed by atoms with E-state index in [1.54, 1.807) is 7.11 Å². The number of hydrogen-bond acceptors (Lipinski definition) is 9. The van der Waals surface area contributed by atoms with Gasteiger partial charge in [-0.15, -0.1) is 0 Å². The van der Waals surface area contributed by atoms with Crippen molar-refractivity contribution in [3.8, 4) is 16.9 Å². The Kier molecular flexibility index (Phi) is 7.76. The summed E-state index contributed by atoms with van der Waals surface area (Å²) in [5, 5.41) is 8.71. The van der Waals surface area contributed by atoms with E-state index >= 15 is 0 Å². The highest BCUT2D eigenvalue weighted by Crippen LogP contribution is 2.32. The molecule has 5 rings (SSSR count). The fraction of sp³-hybridized carbons (Fsp3) is 0.414. The number of anilines is 2. The predicted molar refractivity (Wildman–Crippen MR) is 152 cm³/mol. The first-order valence-electron chi connectivity index (χ1n) is 13.1. The third-order valence-corrected chi connectivity index (χ3v) is 7.12. The number of piperazine rings is 1. The van der Waals surface area contributed by atoms with Gasteiger partial charge in [0.1, 0.15) is 17.3 Å². The summed E-state index contributed by atoms with van der Waals surface area (Å²) >= 11 is 0. The number of aromatic nitrogens is 3. The first kappa shape index (κ1) is 25.9. The third kappa shape index (κ3) is 5.74. The molecule has 3 heterocycles. The number of benzene rings is 2. The van der Waals surface area contributed by atoms with Crippen molar-refractivity contribution in [1.29, 1.82) is 0 Å². The van der Waals surface area contributed by atoms with E-state index in [1.165, 1.54) is 0 Å². The van der Waals surface area contributed by atoms with E-state index < -0.39 is 0 Å². The summed E-state index contributed by atoms with van der Waals surface area (Å²) < 4.78 is 10.8. The summed E-state index contributed by atoms with van der Waals surface area (Å²) in [6.07, 6.45) is 0. The van der Waals surface area contributed by atoms with E-state index in [4.69, 9.17) is 19.2 Å². The van der Waals surface area contributed by atoms with Gasteiger partial charge in [-0.25, -0.2) is 4.98 Å². The van der Waals surface area contributed by atoms with Crippen molar-refractivity contribution in [1.82, 2.24) is 24.9 Å². The van der Waals surface area contributed by atoms with Gasteiger partial charge in [-0.05, 0) is 63.3 Å². The number of aryl methyl sites for hydroxylation is 2. The zero-order chi connectivity index (χ0) is 26.6. The number of nitrogens with one attached hydrogen (secondary N) is 1. The van der Waals surface area contributed by atoms with E-state index in [1.807, 2.05) is 32.0 Å². The minimum absolute atomic E-state index is 0.622. The van der Waals surface area contributed by atoms with Gasteiger partial charge in [-0.3, -0.25) is 4.90 Å². The maximum Gasteiger partial charge on any atom is 0.227 e. The van der Waals surface area contributed by atoms with E-state index in [-0.39, 0.29) is 0 Å². The van der Waals surface area contributed by atoms with Crippen LogP contribution < -0.4 is 15.0 Å². The van der Waals surface area contributed by atoms with Crippen LogP contribution in [0.4, 0.5) is 11.8 Å². The molecule has 0 saturated carbocycles. The highest BCUT2D eigenvalue weighted by Gasteiger charge is 2.21. The van der Waals surface area contributed by atoms with Crippen molar-refractivity contribution in [3.63, 3.8) is 0 Å². The molecule has 1 saturated heterocycles. The van der Waals surface area contributed by atoms with Gasteiger partial charge in [0, 0.05) is 56.8 Å². The van der Waals surface area contributed by atoms with Crippen LogP contribution >= 0.6 is 0 Å². The Morgan fingerprint density at radius 3 is 2.55 bits per heavy atom. The Balaban J connectivity index is 1.46. The molecule has 0 spiro atoms. The highest BCUT2D eigenvalue weighted by atomic mass is 16.5. The molecule has 200 valence electrons. The number of methoxy groups -OCH3 is 1. The first-order chi connectivity index (χ1) is 18.4. The molecule has 0 amide bonds. The maximum absolute atomic E-state index is 5.43. The van der Waals surface area contributed by atoms with E-state index in [2.05, 4.69) is 63.5 Å². The Morgan fingerprint density at radius 2 is 1.84 bits per heavy atom. The topological polar surface area (TPSA) is 82.8 Å². The molecule has 9 nitrogen and oxygen atoms in total. The molecule has 1 fully saturated rings. The van der Waals surface area contributed by atoms with Crippen molar-refractivity contribution < 1.29 is 9.26 Å². The molecule has 0 radical (unpaired) electrons. The van der Waals surface area contributed by atoms with Crippen LogP contribution in [-0.4, -0.2) is 85.4 Å². The second-order valence-corrected chi connectivity index (χ2v) is 10.1. The third-order valence-electron chi connectivity index (χ3n) is 7.12. The lowest BCUT2D eigenvalue weighted by molar-refractivity contribution is 0.229. The average molecular weight is 516 g/mol. The Labute approximate surface area is 224 Å². The smallest absolute Gasteiger partial charge is 0.227 e. The van der Waals surface area contributed by atoms with E-state index in [9.17, 15) is 0 Å². The highest BCUT2D eigenvalue weighted by molar-refractivity contribution is 5.94. The van der Waals surface area contributed by atoms with Gasteiger partial charge in [0.05, 0.1) is 18.3 Å². The molecular weight excluding hydrogens is 478 g/mol. The molecule has 2 aromatic heterocycles. The van der Waals surface area contributed by atoms with Crippen LogP contribution in [0.25, 0.3) is 22.0 Å². The van der Waals surface area contributed by atoms with Gasteiger partial charge in [0.2, 0.25) is 5.95 Å². The van der Waals surface area contributed by atoms with Crippen LogP contribution in [0.1, 0.15) is 17.0 Å². The fourth-order valence-electron chi connectivity index (χ4n) is 4.92. The Hall–Kier alpha value is -3.69. The molecule has 0 atom stereocenters. The SMILES string of the molecule is COc1cccc(CNc2nc(N3CCN(CCN(C)C)CC3)nc3ccc(-c4c(C)noc4C)cc23)c1. The molecule has 2 aromatic carbocycles. The second-order valence-electron chi connectivity index (χ2n) is 10.1.